The molecule has 0 aliphatic heterocycles. The van der Waals surface area contributed by atoms with Crippen molar-refractivity contribution < 1.29 is 24.5 Å². The number of nitrogens with one attached hydrogen (secondary N) is 1. The maximum atomic E-state index is 11.6. The molecule has 0 aliphatic carbocycles. The second-order valence-corrected chi connectivity index (χ2v) is 5.58. The number of carboxylic acids is 1. The van der Waals surface area contributed by atoms with Gasteiger partial charge in [-0.15, -0.1) is 0 Å². The van der Waals surface area contributed by atoms with Gasteiger partial charge >= 0.3 is 12.1 Å². The molecule has 0 unspecified atom stereocenters. The van der Waals surface area contributed by atoms with E-state index in [2.05, 4.69) is 5.32 Å². The molecule has 0 radical (unpaired) electrons. The third-order valence-corrected chi connectivity index (χ3v) is 2.20. The van der Waals surface area contributed by atoms with E-state index in [0.717, 1.165) is 0 Å². The van der Waals surface area contributed by atoms with Gasteiger partial charge < -0.3 is 20.3 Å². The van der Waals surface area contributed by atoms with Crippen LogP contribution < -0.4 is 5.32 Å². The number of carboxylic acid groups (broad SMARTS) is 1. The number of carbonyl (C=O) groups is 2. The number of carbonyl (C=O) groups excluding carboxylic acids is 1. The Labute approximate surface area is 107 Å². The molecule has 0 fully saturated rings. The SMILES string of the molecule is CC(C)[C@@H](NC(=O)OC(C)(C)C)[C@@H](O)CC(=O)O. The van der Waals surface area contributed by atoms with Gasteiger partial charge in [0, 0.05) is 0 Å². The third-order valence-electron chi connectivity index (χ3n) is 2.20. The highest BCUT2D eigenvalue weighted by Gasteiger charge is 2.28. The van der Waals surface area contributed by atoms with Gasteiger partial charge in [-0.3, -0.25) is 4.79 Å². The zero-order valence-electron chi connectivity index (χ0n) is 11.6. The smallest absolute Gasteiger partial charge is 0.407 e. The van der Waals surface area contributed by atoms with E-state index in [4.69, 9.17) is 9.84 Å². The lowest BCUT2D eigenvalue weighted by Gasteiger charge is -2.28. The van der Waals surface area contributed by atoms with Crippen LogP contribution in [0, 0.1) is 5.92 Å². The number of aliphatic carboxylic acids is 1. The second-order valence-electron chi connectivity index (χ2n) is 5.58. The summed E-state index contributed by atoms with van der Waals surface area (Å²) in [5, 5.41) is 20.9. The monoisotopic (exact) mass is 261 g/mol. The van der Waals surface area contributed by atoms with Crippen LogP contribution in [0.15, 0.2) is 0 Å². The highest BCUT2D eigenvalue weighted by molar-refractivity contribution is 5.69. The molecule has 0 heterocycles. The summed E-state index contributed by atoms with van der Waals surface area (Å²) >= 11 is 0. The summed E-state index contributed by atoms with van der Waals surface area (Å²) in [6.07, 6.45) is -2.22. The zero-order valence-corrected chi connectivity index (χ0v) is 11.6. The van der Waals surface area contributed by atoms with Crippen LogP contribution in [-0.2, 0) is 9.53 Å². The Morgan fingerprint density at radius 2 is 1.78 bits per heavy atom. The van der Waals surface area contributed by atoms with E-state index in [0.29, 0.717) is 0 Å². The summed E-state index contributed by atoms with van der Waals surface area (Å²) in [7, 11) is 0. The molecule has 0 aromatic heterocycles. The van der Waals surface area contributed by atoms with Crippen molar-refractivity contribution in [1.29, 1.82) is 0 Å². The van der Waals surface area contributed by atoms with Crippen LogP contribution in [0.5, 0.6) is 0 Å². The topological polar surface area (TPSA) is 95.9 Å². The van der Waals surface area contributed by atoms with Gasteiger partial charge in [0.2, 0.25) is 0 Å². The minimum Gasteiger partial charge on any atom is -0.481 e. The van der Waals surface area contributed by atoms with Gasteiger partial charge in [-0.1, -0.05) is 13.8 Å². The lowest BCUT2D eigenvalue weighted by atomic mass is 9.96. The Morgan fingerprint density at radius 1 is 1.28 bits per heavy atom. The molecule has 6 heteroatoms. The molecule has 2 atom stereocenters. The summed E-state index contributed by atoms with van der Waals surface area (Å²) in [6, 6.07) is -0.657. The van der Waals surface area contributed by atoms with E-state index in [1.54, 1.807) is 34.6 Å². The van der Waals surface area contributed by atoms with Crippen molar-refractivity contribution in [3.8, 4) is 0 Å². The molecule has 0 aromatic carbocycles. The minimum atomic E-state index is -1.14. The Bertz CT molecular complexity index is 295. The molecular formula is C12H23NO5. The van der Waals surface area contributed by atoms with Crippen LogP contribution in [0.2, 0.25) is 0 Å². The lowest BCUT2D eigenvalue weighted by molar-refractivity contribution is -0.139. The van der Waals surface area contributed by atoms with Gasteiger partial charge in [0.15, 0.2) is 0 Å². The number of ether oxygens (including phenoxy) is 1. The summed E-state index contributed by atoms with van der Waals surface area (Å²) in [5.41, 5.74) is -0.636. The van der Waals surface area contributed by atoms with E-state index in [1.165, 1.54) is 0 Å². The van der Waals surface area contributed by atoms with Crippen LogP contribution in [0.1, 0.15) is 41.0 Å². The van der Waals surface area contributed by atoms with Crippen molar-refractivity contribution in [2.75, 3.05) is 0 Å². The van der Waals surface area contributed by atoms with Crippen LogP contribution >= 0.6 is 0 Å². The first-order chi connectivity index (χ1) is 8.03. The second kappa shape index (κ2) is 6.58. The molecule has 0 rings (SSSR count). The molecule has 18 heavy (non-hydrogen) atoms. The third kappa shape index (κ3) is 7.11. The maximum Gasteiger partial charge on any atom is 0.407 e. The Kier molecular flexibility index (Phi) is 6.11. The molecular weight excluding hydrogens is 238 g/mol. The number of hydrogen-bond donors (Lipinski definition) is 3. The highest BCUT2D eigenvalue weighted by atomic mass is 16.6. The van der Waals surface area contributed by atoms with Crippen LogP contribution in [0.25, 0.3) is 0 Å². The van der Waals surface area contributed by atoms with Crippen molar-refractivity contribution in [3.63, 3.8) is 0 Å². The molecule has 0 aliphatic rings. The first kappa shape index (κ1) is 16.7. The maximum absolute atomic E-state index is 11.6. The lowest BCUT2D eigenvalue weighted by Crippen LogP contribution is -2.49. The summed E-state index contributed by atoms with van der Waals surface area (Å²) < 4.78 is 5.06. The molecule has 0 spiro atoms. The Hall–Kier alpha value is -1.30. The number of amides is 1. The first-order valence-electron chi connectivity index (χ1n) is 5.92. The zero-order chi connectivity index (χ0) is 14.5. The van der Waals surface area contributed by atoms with E-state index < -0.39 is 36.2 Å². The van der Waals surface area contributed by atoms with Crippen molar-refractivity contribution in [2.24, 2.45) is 5.92 Å². The standard InChI is InChI=1S/C12H23NO5/c1-7(2)10(8(14)6-9(15)16)13-11(17)18-12(3,4)5/h7-8,10,14H,6H2,1-5H3,(H,13,17)(H,15,16)/t8-,10+/m0/s1. The molecule has 6 nitrogen and oxygen atoms in total. The number of aliphatic hydroxyl groups excluding tert-OH is 1. The van der Waals surface area contributed by atoms with Gasteiger partial charge in [-0.05, 0) is 26.7 Å². The van der Waals surface area contributed by atoms with Crippen LogP contribution in [0.4, 0.5) is 4.79 Å². The van der Waals surface area contributed by atoms with Crippen LogP contribution in [-0.4, -0.2) is 40.0 Å². The fourth-order valence-electron chi connectivity index (χ4n) is 1.46. The fraction of sp³-hybridized carbons (Fsp3) is 0.833. The Morgan fingerprint density at radius 3 is 2.11 bits per heavy atom. The van der Waals surface area contributed by atoms with Gasteiger partial charge in [-0.25, -0.2) is 4.79 Å². The van der Waals surface area contributed by atoms with Crippen molar-refractivity contribution >= 4 is 12.1 Å². The first-order valence-corrected chi connectivity index (χ1v) is 5.92. The van der Waals surface area contributed by atoms with Gasteiger partial charge in [0.25, 0.3) is 0 Å². The van der Waals surface area contributed by atoms with Crippen molar-refractivity contribution in [3.05, 3.63) is 0 Å². The van der Waals surface area contributed by atoms with Gasteiger partial charge in [0.05, 0.1) is 18.6 Å². The van der Waals surface area contributed by atoms with Crippen molar-refractivity contribution in [1.82, 2.24) is 5.32 Å². The van der Waals surface area contributed by atoms with E-state index in [9.17, 15) is 14.7 Å². The average molecular weight is 261 g/mol. The molecule has 106 valence electrons. The van der Waals surface area contributed by atoms with Crippen molar-refractivity contribution in [2.45, 2.75) is 58.8 Å². The normalized spacial score (nSPS) is 15.1. The molecule has 1 amide bonds. The van der Waals surface area contributed by atoms with E-state index >= 15 is 0 Å². The summed E-state index contributed by atoms with van der Waals surface area (Å²) in [6.45, 7) is 8.75. The number of alkyl carbamates (subject to hydrolysis) is 1. The Balaban J connectivity index is 4.54. The molecule has 0 bridgehead atoms. The molecule has 0 saturated heterocycles. The summed E-state index contributed by atoms with van der Waals surface area (Å²) in [5.74, 6) is -1.22. The minimum absolute atomic E-state index is 0.105. The van der Waals surface area contributed by atoms with E-state index in [-0.39, 0.29) is 5.92 Å². The average Bonchev–Trinajstić information content (AvgIpc) is 2.09. The molecule has 3 N–H and O–H groups in total. The summed E-state index contributed by atoms with van der Waals surface area (Å²) in [4.78, 5) is 22.1. The van der Waals surface area contributed by atoms with E-state index in [1.807, 2.05) is 0 Å². The fourth-order valence-corrected chi connectivity index (χ4v) is 1.46. The largest absolute Gasteiger partial charge is 0.481 e. The molecule has 0 saturated carbocycles. The van der Waals surface area contributed by atoms with Gasteiger partial charge in [0.1, 0.15) is 5.60 Å². The quantitative estimate of drug-likeness (QED) is 0.694. The predicted molar refractivity (Wildman–Crippen MR) is 66.3 cm³/mol. The highest BCUT2D eigenvalue weighted by Crippen LogP contribution is 2.12. The predicted octanol–water partition coefficient (Wildman–Crippen LogP) is 1.37. The number of rotatable bonds is 5. The number of aliphatic hydroxyl groups is 1. The molecule has 0 aromatic rings. The number of hydrogen-bond acceptors (Lipinski definition) is 4. The van der Waals surface area contributed by atoms with Crippen LogP contribution in [0.3, 0.4) is 0 Å². The van der Waals surface area contributed by atoms with Gasteiger partial charge in [-0.2, -0.15) is 0 Å².